The summed E-state index contributed by atoms with van der Waals surface area (Å²) >= 11 is 0. The summed E-state index contributed by atoms with van der Waals surface area (Å²) < 4.78 is 13.3. The highest BCUT2D eigenvalue weighted by atomic mass is 19.1. The Hall–Kier alpha value is -1.38. The van der Waals surface area contributed by atoms with Crippen molar-refractivity contribution in [3.05, 3.63) is 35.6 Å². The third kappa shape index (κ3) is 1.56. The molecule has 1 aliphatic heterocycles. The fourth-order valence-electron chi connectivity index (χ4n) is 3.47. The van der Waals surface area contributed by atoms with Crippen LogP contribution in [0.1, 0.15) is 37.2 Å². The molecule has 17 heavy (non-hydrogen) atoms. The predicted molar refractivity (Wildman–Crippen MR) is 63.1 cm³/mol. The van der Waals surface area contributed by atoms with Crippen LogP contribution < -0.4 is 5.32 Å². The number of halogens is 1. The lowest BCUT2D eigenvalue weighted by Crippen LogP contribution is -2.31. The molecule has 1 amide bonds. The van der Waals surface area contributed by atoms with Gasteiger partial charge in [-0.25, -0.2) is 4.39 Å². The van der Waals surface area contributed by atoms with Gasteiger partial charge in [0.15, 0.2) is 0 Å². The molecule has 0 bridgehead atoms. The molecule has 1 saturated heterocycles. The molecule has 1 aromatic rings. The maximum atomic E-state index is 13.3. The Bertz CT molecular complexity index is 451. The second-order valence-corrected chi connectivity index (χ2v) is 5.18. The molecule has 90 valence electrons. The quantitative estimate of drug-likeness (QED) is 0.793. The smallest absolute Gasteiger partial charge is 0.226 e. The molecule has 1 heterocycles. The maximum Gasteiger partial charge on any atom is 0.226 e. The van der Waals surface area contributed by atoms with Gasteiger partial charge in [0, 0.05) is 12.5 Å². The number of benzene rings is 1. The lowest BCUT2D eigenvalue weighted by Gasteiger charge is -2.27. The topological polar surface area (TPSA) is 29.1 Å². The van der Waals surface area contributed by atoms with Crippen LogP contribution in [-0.4, -0.2) is 12.5 Å². The van der Waals surface area contributed by atoms with Gasteiger partial charge in [0.05, 0.1) is 5.41 Å². The molecular formula is C14H16FNO. The molecule has 0 radical (unpaired) electrons. The van der Waals surface area contributed by atoms with Crippen LogP contribution in [0, 0.1) is 11.2 Å². The highest BCUT2D eigenvalue weighted by Crippen LogP contribution is 2.51. The van der Waals surface area contributed by atoms with Crippen LogP contribution in [0.2, 0.25) is 0 Å². The summed E-state index contributed by atoms with van der Waals surface area (Å²) in [7, 11) is 0. The van der Waals surface area contributed by atoms with Gasteiger partial charge in [-0.1, -0.05) is 25.0 Å². The summed E-state index contributed by atoms with van der Waals surface area (Å²) in [5.41, 5.74) is 0.707. The van der Waals surface area contributed by atoms with Crippen LogP contribution >= 0.6 is 0 Å². The molecule has 1 aliphatic carbocycles. The molecule has 1 spiro atoms. The Kier molecular flexibility index (Phi) is 2.42. The standard InChI is InChI=1S/C14H16FNO/c15-11-5-3-4-10(8-11)12-9-16-13(17)14(12)6-1-2-7-14/h3-5,8,12H,1-2,6-7,9H2,(H,16,17). The Morgan fingerprint density at radius 3 is 2.76 bits per heavy atom. The first-order valence-electron chi connectivity index (χ1n) is 6.26. The van der Waals surface area contributed by atoms with Gasteiger partial charge in [-0.15, -0.1) is 0 Å². The Balaban J connectivity index is 2.00. The first kappa shape index (κ1) is 10.8. The summed E-state index contributed by atoms with van der Waals surface area (Å²) in [4.78, 5) is 12.1. The SMILES string of the molecule is O=C1NCC(c2cccc(F)c2)C12CCCC2. The monoisotopic (exact) mass is 233 g/mol. The highest BCUT2D eigenvalue weighted by molar-refractivity contribution is 5.86. The number of hydrogen-bond acceptors (Lipinski definition) is 1. The van der Waals surface area contributed by atoms with E-state index in [-0.39, 0.29) is 23.1 Å². The van der Waals surface area contributed by atoms with E-state index in [0.29, 0.717) is 6.54 Å². The minimum atomic E-state index is -0.256. The number of carbonyl (C=O) groups is 1. The molecular weight excluding hydrogens is 217 g/mol. The predicted octanol–water partition coefficient (Wildman–Crippen LogP) is 2.60. The Morgan fingerprint density at radius 1 is 1.29 bits per heavy atom. The summed E-state index contributed by atoms with van der Waals surface area (Å²) in [5, 5.41) is 2.96. The van der Waals surface area contributed by atoms with Crippen molar-refractivity contribution in [2.24, 2.45) is 5.41 Å². The van der Waals surface area contributed by atoms with E-state index in [1.54, 1.807) is 12.1 Å². The first-order chi connectivity index (χ1) is 8.22. The normalized spacial score (nSPS) is 26.4. The van der Waals surface area contributed by atoms with Gasteiger partial charge >= 0.3 is 0 Å². The van der Waals surface area contributed by atoms with E-state index >= 15 is 0 Å². The summed E-state index contributed by atoms with van der Waals surface area (Å²) in [6, 6.07) is 6.70. The molecule has 2 fully saturated rings. The fraction of sp³-hybridized carbons (Fsp3) is 0.500. The minimum Gasteiger partial charge on any atom is -0.355 e. The van der Waals surface area contributed by atoms with Gasteiger partial charge in [0.1, 0.15) is 5.82 Å². The number of rotatable bonds is 1. The van der Waals surface area contributed by atoms with E-state index in [0.717, 1.165) is 31.2 Å². The van der Waals surface area contributed by atoms with Gasteiger partial charge < -0.3 is 5.32 Å². The van der Waals surface area contributed by atoms with E-state index < -0.39 is 0 Å². The number of carbonyl (C=O) groups excluding carboxylic acids is 1. The highest BCUT2D eigenvalue weighted by Gasteiger charge is 2.51. The molecule has 3 rings (SSSR count). The molecule has 1 aromatic carbocycles. The van der Waals surface area contributed by atoms with Gasteiger partial charge in [-0.3, -0.25) is 4.79 Å². The van der Waals surface area contributed by atoms with Gasteiger partial charge in [0.2, 0.25) is 5.91 Å². The zero-order chi connectivity index (χ0) is 11.9. The molecule has 1 atom stereocenters. The zero-order valence-electron chi connectivity index (χ0n) is 9.71. The molecule has 1 saturated carbocycles. The summed E-state index contributed by atoms with van der Waals surface area (Å²) in [6.07, 6.45) is 4.11. The second kappa shape index (κ2) is 3.83. The van der Waals surface area contributed by atoms with E-state index in [1.165, 1.54) is 6.07 Å². The van der Waals surface area contributed by atoms with Crippen molar-refractivity contribution < 1.29 is 9.18 Å². The van der Waals surface area contributed by atoms with Gasteiger partial charge in [0.25, 0.3) is 0 Å². The van der Waals surface area contributed by atoms with Crippen molar-refractivity contribution in [1.29, 1.82) is 0 Å². The molecule has 3 heteroatoms. The van der Waals surface area contributed by atoms with Crippen LogP contribution in [0.3, 0.4) is 0 Å². The van der Waals surface area contributed by atoms with Gasteiger partial charge in [-0.05, 0) is 30.5 Å². The molecule has 2 nitrogen and oxygen atoms in total. The van der Waals surface area contributed by atoms with E-state index in [2.05, 4.69) is 5.32 Å². The summed E-state index contributed by atoms with van der Waals surface area (Å²) in [5.74, 6) is 0.104. The zero-order valence-corrected chi connectivity index (χ0v) is 9.71. The van der Waals surface area contributed by atoms with Crippen LogP contribution in [0.5, 0.6) is 0 Å². The number of nitrogens with one attached hydrogen (secondary N) is 1. The van der Waals surface area contributed by atoms with E-state index in [1.807, 2.05) is 6.07 Å². The maximum absolute atomic E-state index is 13.3. The van der Waals surface area contributed by atoms with Crippen LogP contribution in [0.25, 0.3) is 0 Å². The molecule has 2 aliphatic rings. The first-order valence-corrected chi connectivity index (χ1v) is 6.26. The lowest BCUT2D eigenvalue weighted by atomic mass is 9.73. The van der Waals surface area contributed by atoms with Crippen molar-refractivity contribution in [2.45, 2.75) is 31.6 Å². The van der Waals surface area contributed by atoms with E-state index in [4.69, 9.17) is 0 Å². The third-order valence-corrected chi connectivity index (χ3v) is 4.33. The van der Waals surface area contributed by atoms with Crippen molar-refractivity contribution in [1.82, 2.24) is 5.32 Å². The van der Waals surface area contributed by atoms with Crippen molar-refractivity contribution in [3.63, 3.8) is 0 Å². The van der Waals surface area contributed by atoms with Crippen molar-refractivity contribution in [3.8, 4) is 0 Å². The fourth-order valence-corrected chi connectivity index (χ4v) is 3.47. The minimum absolute atomic E-state index is 0.146. The largest absolute Gasteiger partial charge is 0.355 e. The van der Waals surface area contributed by atoms with Gasteiger partial charge in [-0.2, -0.15) is 0 Å². The average molecular weight is 233 g/mol. The van der Waals surface area contributed by atoms with Crippen LogP contribution in [0.15, 0.2) is 24.3 Å². The number of hydrogen-bond donors (Lipinski definition) is 1. The van der Waals surface area contributed by atoms with Crippen LogP contribution in [-0.2, 0) is 4.79 Å². The lowest BCUT2D eigenvalue weighted by molar-refractivity contribution is -0.127. The molecule has 0 aromatic heterocycles. The molecule has 1 unspecified atom stereocenters. The second-order valence-electron chi connectivity index (χ2n) is 5.18. The summed E-state index contributed by atoms with van der Waals surface area (Å²) in [6.45, 7) is 0.655. The van der Waals surface area contributed by atoms with Crippen molar-refractivity contribution >= 4 is 5.91 Å². The Labute approximate surface area is 100 Å². The average Bonchev–Trinajstić information content (AvgIpc) is 2.90. The van der Waals surface area contributed by atoms with Crippen molar-refractivity contribution in [2.75, 3.05) is 6.54 Å². The van der Waals surface area contributed by atoms with Crippen LogP contribution in [0.4, 0.5) is 4.39 Å². The Morgan fingerprint density at radius 2 is 2.06 bits per heavy atom. The third-order valence-electron chi connectivity index (χ3n) is 4.33. The van der Waals surface area contributed by atoms with E-state index in [9.17, 15) is 9.18 Å². The molecule has 1 N–H and O–H groups in total. The number of amides is 1.